The molecule has 0 saturated heterocycles. The van der Waals surface area contributed by atoms with Crippen molar-refractivity contribution in [3.8, 4) is 0 Å². The van der Waals surface area contributed by atoms with Crippen LogP contribution in [0.25, 0.3) is 0 Å². The van der Waals surface area contributed by atoms with E-state index in [9.17, 15) is 4.79 Å². The molecule has 0 fully saturated rings. The molecule has 3 nitrogen and oxygen atoms in total. The van der Waals surface area contributed by atoms with Gasteiger partial charge in [-0.2, -0.15) is 0 Å². The van der Waals surface area contributed by atoms with Crippen molar-refractivity contribution in [1.82, 2.24) is 0 Å². The SMILES string of the molecule is CC(=O)OCC[N+](C)(C)C.[Na+]. The van der Waals surface area contributed by atoms with Crippen LogP contribution in [0.1, 0.15) is 6.92 Å². The van der Waals surface area contributed by atoms with Gasteiger partial charge in [0.15, 0.2) is 0 Å². The molecule has 11 heavy (non-hydrogen) atoms. The number of carbonyl (C=O) groups excluding carboxylic acids is 1. The Kier molecular flexibility index (Phi) is 7.63. The Morgan fingerprint density at radius 2 is 1.82 bits per heavy atom. The van der Waals surface area contributed by atoms with Crippen LogP contribution in [0.2, 0.25) is 0 Å². The molecule has 0 saturated carbocycles. The summed E-state index contributed by atoms with van der Waals surface area (Å²) in [6.07, 6.45) is 0. The first-order valence-electron chi connectivity index (χ1n) is 3.35. The minimum atomic E-state index is -0.201. The second-order valence-corrected chi connectivity index (χ2v) is 3.35. The Morgan fingerprint density at radius 1 is 1.36 bits per heavy atom. The van der Waals surface area contributed by atoms with Crippen LogP contribution in [0.5, 0.6) is 0 Å². The van der Waals surface area contributed by atoms with E-state index in [0.29, 0.717) is 6.61 Å². The maximum Gasteiger partial charge on any atom is 1.00 e. The van der Waals surface area contributed by atoms with Crippen LogP contribution in [0, 0.1) is 0 Å². The predicted octanol–water partition coefficient (Wildman–Crippen LogP) is -2.74. The Hall–Kier alpha value is 0.430. The molecule has 4 heteroatoms. The molecular weight excluding hydrogens is 153 g/mol. The first-order valence-corrected chi connectivity index (χ1v) is 3.35. The Balaban J connectivity index is 0. The minimum Gasteiger partial charge on any atom is -0.460 e. The van der Waals surface area contributed by atoms with E-state index in [1.54, 1.807) is 0 Å². The molecule has 0 heterocycles. The average Bonchev–Trinajstić information content (AvgIpc) is 1.59. The molecule has 0 spiro atoms. The molecule has 60 valence electrons. The maximum atomic E-state index is 10.3. The summed E-state index contributed by atoms with van der Waals surface area (Å²) in [6.45, 7) is 2.80. The first-order chi connectivity index (χ1) is 4.42. The van der Waals surface area contributed by atoms with E-state index in [0.717, 1.165) is 11.0 Å². The van der Waals surface area contributed by atoms with E-state index in [4.69, 9.17) is 4.74 Å². The van der Waals surface area contributed by atoms with Crippen LogP contribution in [0.3, 0.4) is 0 Å². The quantitative estimate of drug-likeness (QED) is 0.260. The van der Waals surface area contributed by atoms with Crippen LogP contribution in [-0.4, -0.2) is 44.7 Å². The van der Waals surface area contributed by atoms with Gasteiger partial charge in [-0.1, -0.05) is 0 Å². The van der Waals surface area contributed by atoms with Gasteiger partial charge in [-0.3, -0.25) is 4.79 Å². The number of ether oxygens (including phenoxy) is 1. The maximum absolute atomic E-state index is 10.3. The fourth-order valence-corrected chi connectivity index (χ4v) is 0.463. The van der Waals surface area contributed by atoms with Crippen molar-refractivity contribution < 1.29 is 43.6 Å². The van der Waals surface area contributed by atoms with Crippen molar-refractivity contribution in [1.29, 1.82) is 0 Å². The van der Waals surface area contributed by atoms with E-state index >= 15 is 0 Å². The first kappa shape index (κ1) is 14.0. The largest absolute Gasteiger partial charge is 1.00 e. The van der Waals surface area contributed by atoms with Gasteiger partial charge in [0.05, 0.1) is 21.1 Å². The molecule has 0 aromatic carbocycles. The summed E-state index contributed by atoms with van der Waals surface area (Å²) in [7, 11) is 6.18. The van der Waals surface area contributed by atoms with Crippen molar-refractivity contribution in [2.75, 3.05) is 34.3 Å². The third-order valence-electron chi connectivity index (χ3n) is 1.07. The van der Waals surface area contributed by atoms with Crippen molar-refractivity contribution >= 4 is 5.97 Å². The Bertz CT molecular complexity index is 120. The van der Waals surface area contributed by atoms with Gasteiger partial charge in [0.25, 0.3) is 0 Å². The van der Waals surface area contributed by atoms with Crippen molar-refractivity contribution in [3.63, 3.8) is 0 Å². The summed E-state index contributed by atoms with van der Waals surface area (Å²) in [6, 6.07) is 0. The number of nitrogens with zero attached hydrogens (tertiary/aromatic N) is 1. The van der Waals surface area contributed by atoms with Crippen LogP contribution >= 0.6 is 0 Å². The summed E-state index contributed by atoms with van der Waals surface area (Å²) in [5.41, 5.74) is 0. The molecule has 0 aliphatic heterocycles. The topological polar surface area (TPSA) is 26.3 Å². The van der Waals surface area contributed by atoms with Gasteiger partial charge in [0.1, 0.15) is 13.2 Å². The summed E-state index contributed by atoms with van der Waals surface area (Å²) in [5, 5.41) is 0. The van der Waals surface area contributed by atoms with Gasteiger partial charge >= 0.3 is 35.5 Å². The van der Waals surface area contributed by atoms with Crippen molar-refractivity contribution in [2.24, 2.45) is 0 Å². The molecular formula is C7H16NNaO2+2. The van der Waals surface area contributed by atoms with E-state index in [1.165, 1.54) is 6.92 Å². The van der Waals surface area contributed by atoms with E-state index in [1.807, 2.05) is 0 Å². The molecule has 0 aliphatic rings. The van der Waals surface area contributed by atoms with Crippen molar-refractivity contribution in [3.05, 3.63) is 0 Å². The molecule has 0 bridgehead atoms. The van der Waals surface area contributed by atoms with Gasteiger partial charge in [0.2, 0.25) is 0 Å². The molecule has 0 radical (unpaired) electrons. The fraction of sp³-hybridized carbons (Fsp3) is 0.857. The summed E-state index contributed by atoms with van der Waals surface area (Å²) in [5.74, 6) is -0.201. The van der Waals surface area contributed by atoms with Crippen LogP contribution in [0.4, 0.5) is 0 Å². The second-order valence-electron chi connectivity index (χ2n) is 3.35. The van der Waals surface area contributed by atoms with E-state index in [2.05, 4.69) is 21.1 Å². The fourth-order valence-electron chi connectivity index (χ4n) is 0.463. The summed E-state index contributed by atoms with van der Waals surface area (Å²) in [4.78, 5) is 10.3. The number of hydrogen-bond donors (Lipinski definition) is 0. The number of hydrogen-bond acceptors (Lipinski definition) is 2. The number of carbonyl (C=O) groups is 1. The van der Waals surface area contributed by atoms with Crippen LogP contribution < -0.4 is 29.6 Å². The monoisotopic (exact) mass is 169 g/mol. The van der Waals surface area contributed by atoms with Crippen LogP contribution in [-0.2, 0) is 9.53 Å². The number of likely N-dealkylation sites (N-methyl/N-ethyl adjacent to an activating group) is 1. The number of quaternary nitrogens is 1. The normalized spacial score (nSPS) is 10.2. The zero-order valence-electron chi connectivity index (χ0n) is 8.18. The molecule has 0 N–H and O–H groups in total. The smallest absolute Gasteiger partial charge is 0.460 e. The molecule has 0 aromatic rings. The number of esters is 1. The predicted molar refractivity (Wildman–Crippen MR) is 39.5 cm³/mol. The second kappa shape index (κ2) is 6.00. The average molecular weight is 169 g/mol. The van der Waals surface area contributed by atoms with E-state index < -0.39 is 0 Å². The molecule has 0 atom stereocenters. The minimum absolute atomic E-state index is 0. The Labute approximate surface area is 90.6 Å². The molecule has 0 rings (SSSR count). The van der Waals surface area contributed by atoms with Crippen LogP contribution in [0.15, 0.2) is 0 Å². The van der Waals surface area contributed by atoms with Gasteiger partial charge in [-0.05, 0) is 0 Å². The van der Waals surface area contributed by atoms with Gasteiger partial charge < -0.3 is 9.22 Å². The zero-order chi connectivity index (χ0) is 8.20. The van der Waals surface area contributed by atoms with Gasteiger partial charge in [-0.15, -0.1) is 0 Å². The third kappa shape index (κ3) is 13.4. The molecule has 0 unspecified atom stereocenters. The standard InChI is InChI=1S/C7H16NO2.Na/c1-7(9)10-6-5-8(2,3)4;/h5-6H2,1-4H3;/q2*+1. The number of rotatable bonds is 3. The van der Waals surface area contributed by atoms with Crippen molar-refractivity contribution in [2.45, 2.75) is 6.92 Å². The van der Waals surface area contributed by atoms with Gasteiger partial charge in [-0.25, -0.2) is 0 Å². The third-order valence-corrected chi connectivity index (χ3v) is 1.07. The Morgan fingerprint density at radius 3 is 2.09 bits per heavy atom. The summed E-state index contributed by atoms with van der Waals surface area (Å²) < 4.78 is 5.59. The molecule has 0 amide bonds. The van der Waals surface area contributed by atoms with Gasteiger partial charge in [0, 0.05) is 6.92 Å². The molecule has 0 aromatic heterocycles. The summed E-state index contributed by atoms with van der Waals surface area (Å²) >= 11 is 0. The molecule has 0 aliphatic carbocycles. The van der Waals surface area contributed by atoms with E-state index in [-0.39, 0.29) is 35.5 Å². The zero-order valence-corrected chi connectivity index (χ0v) is 10.2.